The summed E-state index contributed by atoms with van der Waals surface area (Å²) in [5.41, 5.74) is 0. The molecule has 0 aliphatic heterocycles. The lowest BCUT2D eigenvalue weighted by Crippen LogP contribution is -2.19. The molecule has 6 nitrogen and oxygen atoms in total. The van der Waals surface area contributed by atoms with E-state index < -0.39 is 0 Å². The maximum atomic E-state index is 5.46. The van der Waals surface area contributed by atoms with Gasteiger partial charge in [-0.25, -0.2) is 0 Å². The van der Waals surface area contributed by atoms with Crippen LogP contribution in [0, 0.1) is 12.8 Å². The first kappa shape index (κ1) is 13.6. The van der Waals surface area contributed by atoms with E-state index in [-0.39, 0.29) is 0 Å². The molecule has 19 heavy (non-hydrogen) atoms. The maximum Gasteiger partial charge on any atom is 0.315 e. The molecule has 0 saturated carbocycles. The number of anilines is 1. The highest BCUT2D eigenvalue weighted by molar-refractivity contribution is 5.19. The second-order valence-electron chi connectivity index (χ2n) is 4.89. The van der Waals surface area contributed by atoms with Crippen molar-refractivity contribution in [1.29, 1.82) is 0 Å². The molecule has 0 unspecified atom stereocenters. The van der Waals surface area contributed by atoms with E-state index in [4.69, 9.17) is 8.83 Å². The van der Waals surface area contributed by atoms with Crippen molar-refractivity contribution in [3.05, 3.63) is 29.5 Å². The summed E-state index contributed by atoms with van der Waals surface area (Å²) < 4.78 is 10.9. The van der Waals surface area contributed by atoms with Gasteiger partial charge in [0, 0.05) is 0 Å². The van der Waals surface area contributed by atoms with Gasteiger partial charge in [-0.3, -0.25) is 0 Å². The smallest absolute Gasteiger partial charge is 0.315 e. The molecule has 2 heterocycles. The summed E-state index contributed by atoms with van der Waals surface area (Å²) in [5.74, 6) is 2.91. The van der Waals surface area contributed by atoms with Crippen molar-refractivity contribution in [3.8, 4) is 0 Å². The normalized spacial score (nSPS) is 11.2. The highest BCUT2D eigenvalue weighted by Crippen LogP contribution is 2.10. The van der Waals surface area contributed by atoms with Crippen LogP contribution in [0.4, 0.5) is 6.01 Å². The standard InChI is InChI=1S/C13H20N4O2/c1-9(2)6-14-8-12-16-17-13(19-12)15-7-11-5-4-10(3)18-11/h4-5,9,14H,6-8H2,1-3H3,(H,15,17). The lowest BCUT2D eigenvalue weighted by molar-refractivity contribution is 0.453. The molecule has 0 saturated heterocycles. The Bertz CT molecular complexity index is 504. The summed E-state index contributed by atoms with van der Waals surface area (Å²) in [4.78, 5) is 0. The summed E-state index contributed by atoms with van der Waals surface area (Å²) in [5, 5.41) is 14.2. The van der Waals surface area contributed by atoms with E-state index in [9.17, 15) is 0 Å². The van der Waals surface area contributed by atoms with Gasteiger partial charge in [-0.15, -0.1) is 5.10 Å². The number of aryl methyl sites for hydroxylation is 1. The Kier molecular flexibility index (Phi) is 4.57. The Morgan fingerprint density at radius 1 is 1.16 bits per heavy atom. The number of furan rings is 1. The van der Waals surface area contributed by atoms with Crippen molar-refractivity contribution in [3.63, 3.8) is 0 Å². The predicted octanol–water partition coefficient (Wildman–Crippen LogP) is 2.33. The number of nitrogens with one attached hydrogen (secondary N) is 2. The average molecular weight is 264 g/mol. The zero-order valence-corrected chi connectivity index (χ0v) is 11.6. The molecule has 0 amide bonds. The number of aromatic nitrogens is 2. The van der Waals surface area contributed by atoms with E-state index in [1.165, 1.54) is 0 Å². The van der Waals surface area contributed by atoms with Crippen LogP contribution in [0.25, 0.3) is 0 Å². The van der Waals surface area contributed by atoms with Gasteiger partial charge in [-0.2, -0.15) is 0 Å². The Morgan fingerprint density at radius 2 is 2.00 bits per heavy atom. The molecule has 2 aromatic heterocycles. The van der Waals surface area contributed by atoms with Crippen LogP contribution in [0.2, 0.25) is 0 Å². The monoisotopic (exact) mass is 264 g/mol. The van der Waals surface area contributed by atoms with Crippen LogP contribution in [0.5, 0.6) is 0 Å². The Hall–Kier alpha value is -1.82. The van der Waals surface area contributed by atoms with Gasteiger partial charge in [0.25, 0.3) is 0 Å². The van der Waals surface area contributed by atoms with Gasteiger partial charge < -0.3 is 19.5 Å². The van der Waals surface area contributed by atoms with E-state index in [0.29, 0.717) is 30.9 Å². The van der Waals surface area contributed by atoms with Gasteiger partial charge in [0.2, 0.25) is 5.89 Å². The maximum absolute atomic E-state index is 5.46. The minimum absolute atomic E-state index is 0.412. The Labute approximate surface area is 112 Å². The first-order valence-electron chi connectivity index (χ1n) is 6.46. The van der Waals surface area contributed by atoms with Crippen LogP contribution in [0.15, 0.2) is 21.0 Å². The minimum atomic E-state index is 0.412. The molecule has 0 bridgehead atoms. The molecule has 0 aliphatic carbocycles. The zero-order valence-electron chi connectivity index (χ0n) is 11.6. The van der Waals surface area contributed by atoms with Crippen LogP contribution >= 0.6 is 0 Å². The van der Waals surface area contributed by atoms with Gasteiger partial charge in [0.1, 0.15) is 11.5 Å². The summed E-state index contributed by atoms with van der Waals surface area (Å²) >= 11 is 0. The molecule has 0 aliphatic rings. The van der Waals surface area contributed by atoms with E-state index in [0.717, 1.165) is 18.1 Å². The van der Waals surface area contributed by atoms with Crippen molar-refractivity contribution >= 4 is 6.01 Å². The van der Waals surface area contributed by atoms with E-state index in [1.807, 2.05) is 19.1 Å². The zero-order chi connectivity index (χ0) is 13.7. The molecule has 0 atom stereocenters. The SMILES string of the molecule is Cc1ccc(CNc2nnc(CNCC(C)C)o2)o1. The highest BCUT2D eigenvalue weighted by Gasteiger charge is 2.06. The summed E-state index contributed by atoms with van der Waals surface area (Å²) in [6.07, 6.45) is 0. The third-order valence-corrected chi connectivity index (χ3v) is 2.51. The van der Waals surface area contributed by atoms with Crippen LogP contribution in [-0.4, -0.2) is 16.7 Å². The first-order chi connectivity index (χ1) is 9.13. The number of nitrogens with zero attached hydrogens (tertiary/aromatic N) is 2. The molecule has 104 valence electrons. The van der Waals surface area contributed by atoms with Gasteiger partial charge >= 0.3 is 6.01 Å². The lowest BCUT2D eigenvalue weighted by Gasteiger charge is -2.03. The van der Waals surface area contributed by atoms with Crippen molar-refractivity contribution in [2.24, 2.45) is 5.92 Å². The molecule has 0 spiro atoms. The average Bonchev–Trinajstić information content (AvgIpc) is 2.95. The number of hydrogen-bond acceptors (Lipinski definition) is 6. The van der Waals surface area contributed by atoms with Crippen molar-refractivity contribution < 1.29 is 8.83 Å². The molecule has 0 radical (unpaired) electrons. The second-order valence-corrected chi connectivity index (χ2v) is 4.89. The fraction of sp³-hybridized carbons (Fsp3) is 0.538. The molecule has 0 aromatic carbocycles. The van der Waals surface area contributed by atoms with E-state index >= 15 is 0 Å². The van der Waals surface area contributed by atoms with Crippen LogP contribution in [0.3, 0.4) is 0 Å². The van der Waals surface area contributed by atoms with Gasteiger partial charge in [0.15, 0.2) is 0 Å². The predicted molar refractivity (Wildman–Crippen MR) is 71.6 cm³/mol. The van der Waals surface area contributed by atoms with Crippen LogP contribution < -0.4 is 10.6 Å². The Morgan fingerprint density at radius 3 is 2.68 bits per heavy atom. The first-order valence-corrected chi connectivity index (χ1v) is 6.46. The molecule has 2 N–H and O–H groups in total. The number of hydrogen-bond donors (Lipinski definition) is 2. The van der Waals surface area contributed by atoms with Crippen LogP contribution in [0.1, 0.15) is 31.3 Å². The highest BCUT2D eigenvalue weighted by atomic mass is 16.4. The number of rotatable bonds is 7. The van der Waals surface area contributed by atoms with Gasteiger partial charge in [-0.05, 0) is 31.5 Å². The molecule has 6 heteroatoms. The van der Waals surface area contributed by atoms with Crippen molar-refractivity contribution in [2.75, 3.05) is 11.9 Å². The minimum Gasteiger partial charge on any atom is -0.465 e. The fourth-order valence-electron chi connectivity index (χ4n) is 1.61. The quantitative estimate of drug-likeness (QED) is 0.799. The fourth-order valence-corrected chi connectivity index (χ4v) is 1.61. The molecular weight excluding hydrogens is 244 g/mol. The summed E-state index contributed by atoms with van der Waals surface area (Å²) in [6.45, 7) is 8.27. The Balaban J connectivity index is 1.77. The molecule has 0 fully saturated rings. The third kappa shape index (κ3) is 4.40. The largest absolute Gasteiger partial charge is 0.465 e. The second kappa shape index (κ2) is 6.38. The lowest BCUT2D eigenvalue weighted by atomic mass is 10.2. The van der Waals surface area contributed by atoms with Crippen molar-refractivity contribution in [1.82, 2.24) is 15.5 Å². The third-order valence-electron chi connectivity index (χ3n) is 2.51. The summed E-state index contributed by atoms with van der Waals surface area (Å²) in [7, 11) is 0. The van der Waals surface area contributed by atoms with Crippen molar-refractivity contribution in [2.45, 2.75) is 33.9 Å². The van der Waals surface area contributed by atoms with E-state index in [2.05, 4.69) is 34.7 Å². The molecule has 2 aromatic rings. The molecular formula is C13H20N4O2. The summed E-state index contributed by atoms with van der Waals surface area (Å²) in [6, 6.07) is 4.26. The molecule has 2 rings (SSSR count). The van der Waals surface area contributed by atoms with E-state index in [1.54, 1.807) is 0 Å². The van der Waals surface area contributed by atoms with Gasteiger partial charge in [-0.1, -0.05) is 18.9 Å². The van der Waals surface area contributed by atoms with Gasteiger partial charge in [0.05, 0.1) is 13.1 Å². The van der Waals surface area contributed by atoms with Crippen LogP contribution in [-0.2, 0) is 13.1 Å². The topological polar surface area (TPSA) is 76.1 Å².